The summed E-state index contributed by atoms with van der Waals surface area (Å²) in [7, 11) is 0. The highest BCUT2D eigenvalue weighted by Crippen LogP contribution is 2.28. The van der Waals surface area contributed by atoms with Gasteiger partial charge in [0.25, 0.3) is 5.24 Å². The van der Waals surface area contributed by atoms with Crippen molar-refractivity contribution in [3.8, 4) is 0 Å². The van der Waals surface area contributed by atoms with Gasteiger partial charge in [0.1, 0.15) is 11.6 Å². The van der Waals surface area contributed by atoms with Gasteiger partial charge in [0, 0.05) is 5.38 Å². The molecule has 1 heterocycles. The van der Waals surface area contributed by atoms with Crippen molar-refractivity contribution < 1.29 is 24.0 Å². The number of nitrogens with zero attached hydrogens (tertiary/aromatic N) is 2. The number of carbonyl (C=O) groups excluding carboxylic acids is 3. The van der Waals surface area contributed by atoms with Crippen molar-refractivity contribution in [3.05, 3.63) is 82.9 Å². The summed E-state index contributed by atoms with van der Waals surface area (Å²) < 4.78 is 5.82. The highest BCUT2D eigenvalue weighted by molar-refractivity contribution is 7.14. The van der Waals surface area contributed by atoms with E-state index >= 15 is 0 Å². The summed E-state index contributed by atoms with van der Waals surface area (Å²) in [6.07, 6.45) is -0.683. The number of hydrogen-bond donors (Lipinski definition) is 1. The third kappa shape index (κ3) is 7.76. The second kappa shape index (κ2) is 13.4. The van der Waals surface area contributed by atoms with Gasteiger partial charge in [-0.3, -0.25) is 9.59 Å². The standard InChI is InChI=1S/C24H21Cl2N3O5S.ClH/c1-24(2,34-29-19(21(26)31)17-14-35-23(27-17)28-18(30)13-25)22(32)33-20(15-9-5-3-6-10-15)16-11-7-4-8-12-16;/h3-12,14,20H,13H2,1-2H3,(H,27,28,30);1H/b29-19-;. The first-order chi connectivity index (χ1) is 16.7. The Balaban J connectivity index is 0.00000456. The summed E-state index contributed by atoms with van der Waals surface area (Å²) in [6, 6.07) is 18.5. The highest BCUT2D eigenvalue weighted by Gasteiger charge is 2.36. The molecule has 8 nitrogen and oxygen atoms in total. The number of ether oxygens (including phenoxy) is 1. The van der Waals surface area contributed by atoms with Crippen LogP contribution in [0.15, 0.2) is 71.2 Å². The van der Waals surface area contributed by atoms with Crippen LogP contribution < -0.4 is 5.32 Å². The molecule has 0 aliphatic carbocycles. The molecule has 0 saturated carbocycles. The van der Waals surface area contributed by atoms with Crippen molar-refractivity contribution in [3.63, 3.8) is 0 Å². The van der Waals surface area contributed by atoms with Crippen molar-refractivity contribution in [2.24, 2.45) is 5.16 Å². The van der Waals surface area contributed by atoms with E-state index in [1.807, 2.05) is 60.7 Å². The molecule has 3 aromatic rings. The molecule has 1 aromatic heterocycles. The molecular formula is C24H22Cl3N3O5S. The predicted molar refractivity (Wildman–Crippen MR) is 142 cm³/mol. The minimum atomic E-state index is -1.58. The molecule has 1 N–H and O–H groups in total. The Bertz CT molecular complexity index is 1180. The minimum Gasteiger partial charge on any atom is -0.450 e. The molecule has 0 aliphatic heterocycles. The van der Waals surface area contributed by atoms with Crippen LogP contribution in [0, 0.1) is 0 Å². The van der Waals surface area contributed by atoms with Crippen molar-refractivity contribution in [2.75, 3.05) is 11.2 Å². The van der Waals surface area contributed by atoms with Crippen molar-refractivity contribution in [1.82, 2.24) is 4.98 Å². The molecule has 0 saturated heterocycles. The van der Waals surface area contributed by atoms with Gasteiger partial charge < -0.3 is 14.9 Å². The molecule has 0 bridgehead atoms. The second-order valence-electron chi connectivity index (χ2n) is 7.64. The predicted octanol–water partition coefficient (Wildman–Crippen LogP) is 5.34. The molecule has 0 unspecified atom stereocenters. The SMILES string of the molecule is CC(C)(O/N=C(\C(=O)Cl)c1csc(NC(=O)CCl)n1)C(=O)OC(c1ccccc1)c1ccccc1.Cl. The first-order valence-corrected chi connectivity index (χ1v) is 12.1. The zero-order valence-electron chi connectivity index (χ0n) is 19.1. The number of amides is 1. The number of hydrogen-bond acceptors (Lipinski definition) is 8. The Morgan fingerprint density at radius 2 is 1.61 bits per heavy atom. The Morgan fingerprint density at radius 3 is 2.11 bits per heavy atom. The van der Waals surface area contributed by atoms with Gasteiger partial charge in [0.2, 0.25) is 11.5 Å². The van der Waals surface area contributed by atoms with E-state index in [2.05, 4.69) is 15.5 Å². The molecule has 190 valence electrons. The quantitative estimate of drug-likeness (QED) is 0.116. The van der Waals surface area contributed by atoms with Crippen LogP contribution in [0.2, 0.25) is 0 Å². The van der Waals surface area contributed by atoms with Gasteiger partial charge in [-0.25, -0.2) is 9.78 Å². The van der Waals surface area contributed by atoms with E-state index in [1.165, 1.54) is 19.2 Å². The third-order valence-electron chi connectivity index (χ3n) is 4.59. The van der Waals surface area contributed by atoms with Gasteiger partial charge in [-0.2, -0.15) is 0 Å². The fraction of sp³-hybridized carbons (Fsp3) is 0.208. The maximum absolute atomic E-state index is 13.1. The lowest BCUT2D eigenvalue weighted by molar-refractivity contribution is -0.172. The lowest BCUT2D eigenvalue weighted by Gasteiger charge is -2.25. The van der Waals surface area contributed by atoms with E-state index in [0.717, 1.165) is 22.5 Å². The van der Waals surface area contributed by atoms with Crippen LogP contribution in [0.4, 0.5) is 5.13 Å². The van der Waals surface area contributed by atoms with E-state index in [0.29, 0.717) is 0 Å². The second-order valence-corrected chi connectivity index (χ2v) is 9.11. The summed E-state index contributed by atoms with van der Waals surface area (Å²) in [5.41, 5.74) is -0.298. The number of anilines is 1. The number of oxime groups is 1. The molecule has 0 radical (unpaired) electrons. The van der Waals surface area contributed by atoms with Crippen molar-refractivity contribution >= 4 is 74.9 Å². The average Bonchev–Trinajstić information content (AvgIpc) is 3.30. The van der Waals surface area contributed by atoms with Crippen LogP contribution >= 0.6 is 46.9 Å². The average molecular weight is 571 g/mol. The van der Waals surface area contributed by atoms with Gasteiger partial charge in [-0.15, -0.1) is 35.3 Å². The van der Waals surface area contributed by atoms with Crippen LogP contribution in [-0.2, 0) is 24.0 Å². The number of thiazole rings is 1. The molecule has 12 heteroatoms. The number of rotatable bonds is 10. The number of halogens is 3. The Labute approximate surface area is 228 Å². The van der Waals surface area contributed by atoms with Gasteiger partial charge in [0.15, 0.2) is 16.9 Å². The molecular weight excluding hydrogens is 549 g/mol. The maximum Gasteiger partial charge on any atom is 0.353 e. The van der Waals surface area contributed by atoms with E-state index in [4.69, 9.17) is 32.8 Å². The van der Waals surface area contributed by atoms with E-state index in [1.54, 1.807) is 0 Å². The van der Waals surface area contributed by atoms with E-state index < -0.39 is 28.8 Å². The number of nitrogens with one attached hydrogen (secondary N) is 1. The molecule has 0 fully saturated rings. The van der Waals surface area contributed by atoms with Crippen LogP contribution in [0.25, 0.3) is 0 Å². The number of aromatic nitrogens is 1. The third-order valence-corrected chi connectivity index (χ3v) is 5.77. The highest BCUT2D eigenvalue weighted by atomic mass is 35.5. The zero-order valence-corrected chi connectivity index (χ0v) is 22.3. The summed E-state index contributed by atoms with van der Waals surface area (Å²) in [5.74, 6) is -1.43. The monoisotopic (exact) mass is 569 g/mol. The Hall–Kier alpha value is -2.98. The van der Waals surface area contributed by atoms with E-state index in [-0.39, 0.29) is 34.8 Å². The number of benzene rings is 2. The fourth-order valence-corrected chi connectivity index (χ4v) is 3.72. The van der Waals surface area contributed by atoms with Crippen LogP contribution in [0.1, 0.15) is 36.8 Å². The molecule has 3 rings (SSSR count). The van der Waals surface area contributed by atoms with Gasteiger partial charge >= 0.3 is 5.97 Å². The smallest absolute Gasteiger partial charge is 0.353 e. The summed E-state index contributed by atoms with van der Waals surface area (Å²) in [4.78, 5) is 46.0. The lowest BCUT2D eigenvalue weighted by Crippen LogP contribution is -2.37. The first-order valence-electron chi connectivity index (χ1n) is 10.3. The fourth-order valence-electron chi connectivity index (χ4n) is 2.81. The summed E-state index contributed by atoms with van der Waals surface area (Å²) >= 11 is 12.2. The number of carbonyl (C=O) groups is 3. The molecule has 0 aliphatic rings. The zero-order chi connectivity index (χ0) is 25.4. The summed E-state index contributed by atoms with van der Waals surface area (Å²) in [6.45, 7) is 2.91. The van der Waals surface area contributed by atoms with E-state index in [9.17, 15) is 14.4 Å². The number of esters is 1. The molecule has 0 spiro atoms. The minimum absolute atomic E-state index is 0. The molecule has 36 heavy (non-hydrogen) atoms. The van der Waals surface area contributed by atoms with Crippen LogP contribution in [-0.4, -0.2) is 39.3 Å². The summed E-state index contributed by atoms with van der Waals surface area (Å²) in [5, 5.41) is 6.95. The van der Waals surface area contributed by atoms with Gasteiger partial charge in [0.05, 0.1) is 0 Å². The Kier molecular flexibility index (Phi) is 10.9. The maximum atomic E-state index is 13.1. The van der Waals surface area contributed by atoms with Gasteiger partial charge in [-0.1, -0.05) is 65.8 Å². The van der Waals surface area contributed by atoms with Gasteiger partial charge in [-0.05, 0) is 36.6 Å². The largest absolute Gasteiger partial charge is 0.450 e. The lowest BCUT2D eigenvalue weighted by atomic mass is 10.0. The Morgan fingerprint density at radius 1 is 1.06 bits per heavy atom. The first kappa shape index (κ1) is 29.3. The van der Waals surface area contributed by atoms with Crippen LogP contribution in [0.5, 0.6) is 0 Å². The van der Waals surface area contributed by atoms with Crippen molar-refractivity contribution in [2.45, 2.75) is 25.6 Å². The number of alkyl halides is 1. The molecule has 1 amide bonds. The van der Waals surface area contributed by atoms with Crippen LogP contribution in [0.3, 0.4) is 0 Å². The topological polar surface area (TPSA) is 107 Å². The molecule has 0 atom stereocenters. The normalized spacial score (nSPS) is 11.4. The van der Waals surface area contributed by atoms with Crippen molar-refractivity contribution in [1.29, 1.82) is 0 Å². The molecule has 2 aromatic carbocycles.